The minimum atomic E-state index is -3.59. The van der Waals surface area contributed by atoms with Gasteiger partial charge in [0.15, 0.2) is 15.0 Å². The largest absolute Gasteiger partial charge is 0.376 e. The number of aryl methyl sites for hydroxylation is 1. The van der Waals surface area contributed by atoms with Crippen LogP contribution in [0.1, 0.15) is 31.2 Å². The fourth-order valence-corrected chi connectivity index (χ4v) is 6.12. The summed E-state index contributed by atoms with van der Waals surface area (Å²) in [5.41, 5.74) is 1.95. The van der Waals surface area contributed by atoms with Crippen LogP contribution in [0, 0.1) is 12.7 Å². The van der Waals surface area contributed by atoms with Crippen LogP contribution in [0.15, 0.2) is 47.4 Å². The van der Waals surface area contributed by atoms with Crippen molar-refractivity contribution in [3.05, 3.63) is 53.8 Å². The number of carbonyl (C=O) groups excluding carboxylic acids is 1. The normalized spacial score (nSPS) is 16.5. The number of fused-ring (bicyclic) bond motifs is 1. The topological polar surface area (TPSA) is 76.6 Å². The summed E-state index contributed by atoms with van der Waals surface area (Å²) in [7, 11) is -3.59. The first kappa shape index (κ1) is 22.8. The molecule has 0 aliphatic carbocycles. The van der Waals surface area contributed by atoms with Gasteiger partial charge in [0.25, 0.3) is 0 Å². The molecule has 4 rings (SSSR count). The Kier molecular flexibility index (Phi) is 6.88. The van der Waals surface area contributed by atoms with Crippen molar-refractivity contribution in [2.75, 3.05) is 23.8 Å². The van der Waals surface area contributed by atoms with E-state index in [2.05, 4.69) is 4.98 Å². The van der Waals surface area contributed by atoms with Gasteiger partial charge in [-0.3, -0.25) is 9.69 Å². The highest BCUT2D eigenvalue weighted by atomic mass is 32.2. The van der Waals surface area contributed by atoms with Crippen LogP contribution in [0.5, 0.6) is 0 Å². The van der Waals surface area contributed by atoms with Crippen LogP contribution in [0.2, 0.25) is 0 Å². The van der Waals surface area contributed by atoms with Crippen molar-refractivity contribution in [1.82, 2.24) is 4.98 Å². The number of amides is 1. The summed E-state index contributed by atoms with van der Waals surface area (Å²) in [6.45, 7) is 3.10. The summed E-state index contributed by atoms with van der Waals surface area (Å²) < 4.78 is 44.9. The molecule has 0 radical (unpaired) electrons. The van der Waals surface area contributed by atoms with Gasteiger partial charge in [0.2, 0.25) is 5.91 Å². The Morgan fingerprint density at radius 3 is 2.75 bits per heavy atom. The van der Waals surface area contributed by atoms with E-state index < -0.39 is 15.7 Å². The van der Waals surface area contributed by atoms with Crippen molar-refractivity contribution in [3.8, 4) is 0 Å². The van der Waals surface area contributed by atoms with Crippen LogP contribution in [-0.4, -0.2) is 44.3 Å². The highest BCUT2D eigenvalue weighted by Gasteiger charge is 2.26. The predicted molar refractivity (Wildman–Crippen MR) is 123 cm³/mol. The second-order valence-corrected chi connectivity index (χ2v) is 11.1. The second-order valence-electron chi connectivity index (χ2n) is 7.98. The molecule has 1 aliphatic heterocycles. The fraction of sp³-hybridized carbons (Fsp3) is 0.391. The van der Waals surface area contributed by atoms with Gasteiger partial charge in [0.05, 0.1) is 33.5 Å². The van der Waals surface area contributed by atoms with Gasteiger partial charge < -0.3 is 4.74 Å². The van der Waals surface area contributed by atoms with Gasteiger partial charge in [-0.25, -0.2) is 17.8 Å². The molecular formula is C23H25FN2O4S2. The van der Waals surface area contributed by atoms with E-state index in [1.807, 2.05) is 25.1 Å². The van der Waals surface area contributed by atoms with Crippen molar-refractivity contribution in [2.45, 2.75) is 43.6 Å². The van der Waals surface area contributed by atoms with Gasteiger partial charge in [0, 0.05) is 13.0 Å². The Morgan fingerprint density at radius 1 is 1.25 bits per heavy atom. The standard InChI is InChI=1S/C23H25FN2O4S2/c1-16-6-11-20-21(14-16)31-23(25-20)26(15-18-4-2-12-30-18)22(27)5-3-13-32(28,29)19-9-7-17(24)8-10-19/h6-11,14,18H,2-5,12-13,15H2,1H3. The van der Waals surface area contributed by atoms with Gasteiger partial charge in [-0.05, 0) is 68.1 Å². The number of hydrogen-bond acceptors (Lipinski definition) is 6. The van der Waals surface area contributed by atoms with E-state index in [4.69, 9.17) is 4.74 Å². The number of thiazole rings is 1. The molecule has 0 N–H and O–H groups in total. The van der Waals surface area contributed by atoms with Gasteiger partial charge >= 0.3 is 0 Å². The Morgan fingerprint density at radius 2 is 2.03 bits per heavy atom. The zero-order valence-electron chi connectivity index (χ0n) is 17.8. The SMILES string of the molecule is Cc1ccc2nc(N(CC3CCCO3)C(=O)CCCS(=O)(=O)c3ccc(F)cc3)sc2c1. The van der Waals surface area contributed by atoms with E-state index in [0.717, 1.165) is 40.8 Å². The third-order valence-corrected chi connectivity index (χ3v) is 8.31. The number of hydrogen-bond donors (Lipinski definition) is 0. The number of benzene rings is 2. The molecule has 1 atom stereocenters. The predicted octanol–water partition coefficient (Wildman–Crippen LogP) is 4.51. The van der Waals surface area contributed by atoms with Crippen LogP contribution in [-0.2, 0) is 19.4 Å². The molecule has 0 bridgehead atoms. The molecule has 1 aromatic heterocycles. The molecule has 170 valence electrons. The Labute approximate surface area is 190 Å². The van der Waals surface area contributed by atoms with Gasteiger partial charge in [-0.1, -0.05) is 17.4 Å². The third-order valence-electron chi connectivity index (χ3n) is 5.45. The molecule has 1 fully saturated rings. The lowest BCUT2D eigenvalue weighted by Crippen LogP contribution is -2.37. The number of halogens is 1. The zero-order valence-corrected chi connectivity index (χ0v) is 19.4. The molecule has 1 aliphatic rings. The summed E-state index contributed by atoms with van der Waals surface area (Å²) in [6.07, 6.45) is 2.04. The quantitative estimate of drug-likeness (QED) is 0.447. The zero-order chi connectivity index (χ0) is 22.7. The first-order valence-corrected chi connectivity index (χ1v) is 13.1. The summed E-state index contributed by atoms with van der Waals surface area (Å²) in [4.78, 5) is 19.5. The van der Waals surface area contributed by atoms with E-state index >= 15 is 0 Å². The molecule has 6 nitrogen and oxygen atoms in total. The second kappa shape index (κ2) is 9.64. The smallest absolute Gasteiger partial charge is 0.228 e. The highest BCUT2D eigenvalue weighted by molar-refractivity contribution is 7.91. The molecule has 1 amide bonds. The van der Waals surface area contributed by atoms with E-state index in [1.165, 1.54) is 23.5 Å². The number of nitrogens with zero attached hydrogens (tertiary/aromatic N) is 2. The number of aromatic nitrogens is 1. The van der Waals surface area contributed by atoms with Crippen molar-refractivity contribution >= 4 is 42.4 Å². The van der Waals surface area contributed by atoms with Crippen molar-refractivity contribution < 1.29 is 22.3 Å². The summed E-state index contributed by atoms with van der Waals surface area (Å²) in [5, 5.41) is 0.604. The molecule has 0 spiro atoms. The fourth-order valence-electron chi connectivity index (χ4n) is 3.72. The average molecular weight is 477 g/mol. The molecule has 1 saturated heterocycles. The first-order valence-electron chi connectivity index (χ1n) is 10.6. The minimum Gasteiger partial charge on any atom is -0.376 e. The summed E-state index contributed by atoms with van der Waals surface area (Å²) in [5.74, 6) is -0.850. The molecule has 1 unspecified atom stereocenters. The monoisotopic (exact) mass is 476 g/mol. The third kappa shape index (κ3) is 5.33. The van der Waals surface area contributed by atoms with Crippen molar-refractivity contribution in [3.63, 3.8) is 0 Å². The molecule has 9 heteroatoms. The number of ether oxygens (including phenoxy) is 1. The molecular weight excluding hydrogens is 451 g/mol. The minimum absolute atomic E-state index is 0.0457. The van der Waals surface area contributed by atoms with E-state index in [-0.39, 0.29) is 35.5 Å². The maximum atomic E-state index is 13.1. The lowest BCUT2D eigenvalue weighted by molar-refractivity contribution is -0.119. The first-order chi connectivity index (χ1) is 15.3. The van der Waals surface area contributed by atoms with E-state index in [9.17, 15) is 17.6 Å². The molecule has 2 aromatic carbocycles. The van der Waals surface area contributed by atoms with Crippen molar-refractivity contribution in [2.24, 2.45) is 0 Å². The van der Waals surface area contributed by atoms with Crippen molar-refractivity contribution in [1.29, 1.82) is 0 Å². The lowest BCUT2D eigenvalue weighted by Gasteiger charge is -2.23. The van der Waals surface area contributed by atoms with Crippen LogP contribution in [0.3, 0.4) is 0 Å². The van der Waals surface area contributed by atoms with Crippen LogP contribution in [0.4, 0.5) is 9.52 Å². The molecule has 32 heavy (non-hydrogen) atoms. The van der Waals surface area contributed by atoms with Gasteiger partial charge in [-0.15, -0.1) is 0 Å². The Bertz CT molecular complexity index is 1200. The van der Waals surface area contributed by atoms with E-state index in [0.29, 0.717) is 18.3 Å². The Balaban J connectivity index is 1.47. The number of sulfone groups is 1. The number of anilines is 1. The van der Waals surface area contributed by atoms with Crippen LogP contribution < -0.4 is 4.90 Å². The Hall–Kier alpha value is -2.36. The molecule has 0 saturated carbocycles. The lowest BCUT2D eigenvalue weighted by atomic mass is 10.2. The van der Waals surface area contributed by atoms with Crippen LogP contribution >= 0.6 is 11.3 Å². The average Bonchev–Trinajstić information content (AvgIpc) is 3.41. The summed E-state index contributed by atoms with van der Waals surface area (Å²) >= 11 is 1.45. The number of carbonyl (C=O) groups is 1. The van der Waals surface area contributed by atoms with Gasteiger partial charge in [-0.2, -0.15) is 0 Å². The van der Waals surface area contributed by atoms with Crippen LogP contribution in [0.25, 0.3) is 10.2 Å². The maximum Gasteiger partial charge on any atom is 0.228 e. The highest BCUT2D eigenvalue weighted by Crippen LogP contribution is 2.31. The summed E-state index contributed by atoms with van der Waals surface area (Å²) in [6, 6.07) is 10.7. The van der Waals surface area contributed by atoms with E-state index in [1.54, 1.807) is 4.90 Å². The molecule has 2 heterocycles. The maximum absolute atomic E-state index is 13.1. The number of rotatable bonds is 8. The van der Waals surface area contributed by atoms with Gasteiger partial charge in [0.1, 0.15) is 5.82 Å². The molecule has 3 aromatic rings.